The van der Waals surface area contributed by atoms with Gasteiger partial charge in [0.25, 0.3) is 5.69 Å². The summed E-state index contributed by atoms with van der Waals surface area (Å²) in [6.45, 7) is 4.31. The SMILES string of the molecule is CCC1(CC)c2cc(Br)ccc2-c2ccc([N+](=O)[O-])cc21. The lowest BCUT2D eigenvalue weighted by molar-refractivity contribution is -0.384. The molecule has 0 saturated heterocycles. The van der Waals surface area contributed by atoms with Crippen LogP contribution in [-0.4, -0.2) is 4.92 Å². The van der Waals surface area contributed by atoms with Gasteiger partial charge in [0.15, 0.2) is 0 Å². The minimum Gasteiger partial charge on any atom is -0.258 e. The minimum atomic E-state index is -0.310. The Morgan fingerprint density at radius 2 is 1.62 bits per heavy atom. The highest BCUT2D eigenvalue weighted by atomic mass is 79.9. The number of benzene rings is 2. The summed E-state index contributed by atoms with van der Waals surface area (Å²) >= 11 is 3.55. The molecule has 0 saturated carbocycles. The molecule has 0 fully saturated rings. The summed E-state index contributed by atoms with van der Waals surface area (Å²) < 4.78 is 1.05. The fourth-order valence-electron chi connectivity index (χ4n) is 3.58. The van der Waals surface area contributed by atoms with Gasteiger partial charge in [-0.1, -0.05) is 35.8 Å². The molecule has 4 heteroatoms. The first-order valence-corrected chi connectivity index (χ1v) is 7.92. The fraction of sp³-hybridized carbons (Fsp3) is 0.294. The van der Waals surface area contributed by atoms with E-state index < -0.39 is 0 Å². The van der Waals surface area contributed by atoms with Gasteiger partial charge >= 0.3 is 0 Å². The van der Waals surface area contributed by atoms with Crippen molar-refractivity contribution in [2.24, 2.45) is 0 Å². The molecule has 2 aromatic rings. The van der Waals surface area contributed by atoms with Crippen LogP contribution >= 0.6 is 15.9 Å². The lowest BCUT2D eigenvalue weighted by Crippen LogP contribution is -2.23. The van der Waals surface area contributed by atoms with E-state index in [2.05, 4.69) is 41.9 Å². The third kappa shape index (κ3) is 1.93. The average molecular weight is 346 g/mol. The van der Waals surface area contributed by atoms with Gasteiger partial charge in [-0.3, -0.25) is 10.1 Å². The van der Waals surface area contributed by atoms with Crippen LogP contribution in [0.3, 0.4) is 0 Å². The number of nitrogens with zero attached hydrogens (tertiary/aromatic N) is 1. The molecular formula is C17H16BrNO2. The maximum absolute atomic E-state index is 11.1. The predicted octanol–water partition coefficient (Wildman–Crippen LogP) is 5.44. The van der Waals surface area contributed by atoms with Crippen molar-refractivity contribution < 1.29 is 4.92 Å². The third-order valence-electron chi connectivity index (χ3n) is 4.72. The van der Waals surface area contributed by atoms with Gasteiger partial charge in [0, 0.05) is 22.0 Å². The highest BCUT2D eigenvalue weighted by Crippen LogP contribution is 2.53. The molecule has 21 heavy (non-hydrogen) atoms. The van der Waals surface area contributed by atoms with E-state index >= 15 is 0 Å². The summed E-state index contributed by atoms with van der Waals surface area (Å²) in [5, 5.41) is 11.1. The highest BCUT2D eigenvalue weighted by molar-refractivity contribution is 9.10. The standard InChI is InChI=1S/C17H16BrNO2/c1-3-17(4-2)15-9-11(18)5-7-13(15)14-8-6-12(19(20)21)10-16(14)17/h5-10H,3-4H2,1-2H3. The van der Waals surface area contributed by atoms with E-state index in [4.69, 9.17) is 0 Å². The molecule has 0 heterocycles. The van der Waals surface area contributed by atoms with Crippen molar-refractivity contribution in [3.8, 4) is 11.1 Å². The first-order chi connectivity index (χ1) is 10.0. The zero-order chi connectivity index (χ0) is 15.2. The quantitative estimate of drug-likeness (QED) is 0.548. The number of hydrogen-bond donors (Lipinski definition) is 0. The van der Waals surface area contributed by atoms with Gasteiger partial charge in [-0.25, -0.2) is 0 Å². The molecular weight excluding hydrogens is 330 g/mol. The number of rotatable bonds is 3. The van der Waals surface area contributed by atoms with Crippen LogP contribution < -0.4 is 0 Å². The molecule has 3 rings (SSSR count). The Morgan fingerprint density at radius 1 is 1.05 bits per heavy atom. The van der Waals surface area contributed by atoms with E-state index in [1.165, 1.54) is 11.1 Å². The zero-order valence-electron chi connectivity index (χ0n) is 12.0. The molecule has 0 unspecified atom stereocenters. The molecule has 0 aliphatic heterocycles. The molecule has 0 spiro atoms. The first-order valence-electron chi connectivity index (χ1n) is 7.13. The van der Waals surface area contributed by atoms with E-state index in [0.717, 1.165) is 28.4 Å². The fourth-order valence-corrected chi connectivity index (χ4v) is 3.94. The van der Waals surface area contributed by atoms with Gasteiger partial charge < -0.3 is 0 Å². The monoisotopic (exact) mass is 345 g/mol. The van der Waals surface area contributed by atoms with Gasteiger partial charge in [0.2, 0.25) is 0 Å². The van der Waals surface area contributed by atoms with Crippen LogP contribution in [0.25, 0.3) is 11.1 Å². The lowest BCUT2D eigenvalue weighted by atomic mass is 9.74. The Balaban J connectivity index is 2.34. The van der Waals surface area contributed by atoms with Crippen LogP contribution in [0.5, 0.6) is 0 Å². The van der Waals surface area contributed by atoms with Crippen molar-refractivity contribution in [3.63, 3.8) is 0 Å². The molecule has 1 aliphatic carbocycles. The average Bonchev–Trinajstić information content (AvgIpc) is 2.76. The summed E-state index contributed by atoms with van der Waals surface area (Å²) in [6, 6.07) is 11.6. The van der Waals surface area contributed by atoms with Crippen LogP contribution in [0.1, 0.15) is 37.8 Å². The number of fused-ring (bicyclic) bond motifs is 3. The molecule has 0 aromatic heterocycles. The van der Waals surface area contributed by atoms with E-state index in [1.54, 1.807) is 12.1 Å². The number of nitro benzene ring substituents is 1. The normalized spacial score (nSPS) is 14.6. The maximum Gasteiger partial charge on any atom is 0.269 e. The highest BCUT2D eigenvalue weighted by Gasteiger charge is 2.41. The lowest BCUT2D eigenvalue weighted by Gasteiger charge is -2.29. The molecule has 3 nitrogen and oxygen atoms in total. The van der Waals surface area contributed by atoms with Gasteiger partial charge in [0.1, 0.15) is 0 Å². The van der Waals surface area contributed by atoms with Crippen molar-refractivity contribution in [2.45, 2.75) is 32.1 Å². The van der Waals surface area contributed by atoms with Gasteiger partial charge in [-0.05, 0) is 53.3 Å². The number of hydrogen-bond acceptors (Lipinski definition) is 2. The molecule has 2 aromatic carbocycles. The molecule has 0 amide bonds. The summed E-state index contributed by atoms with van der Waals surface area (Å²) in [5.74, 6) is 0. The molecule has 1 aliphatic rings. The van der Waals surface area contributed by atoms with E-state index in [0.29, 0.717) is 0 Å². The Hall–Kier alpha value is -1.68. The number of nitro groups is 1. The van der Waals surface area contributed by atoms with Crippen molar-refractivity contribution in [1.82, 2.24) is 0 Å². The zero-order valence-corrected chi connectivity index (χ0v) is 13.6. The van der Waals surface area contributed by atoms with Crippen LogP contribution in [0, 0.1) is 10.1 Å². The van der Waals surface area contributed by atoms with Crippen molar-refractivity contribution >= 4 is 21.6 Å². The van der Waals surface area contributed by atoms with Crippen LogP contribution in [0.4, 0.5) is 5.69 Å². The van der Waals surface area contributed by atoms with Gasteiger partial charge in [-0.15, -0.1) is 0 Å². The minimum absolute atomic E-state index is 0.125. The van der Waals surface area contributed by atoms with E-state index in [1.807, 2.05) is 12.1 Å². The van der Waals surface area contributed by atoms with Crippen molar-refractivity contribution in [2.75, 3.05) is 0 Å². The topological polar surface area (TPSA) is 43.1 Å². The summed E-state index contributed by atoms with van der Waals surface area (Å²) in [7, 11) is 0. The number of halogens is 1. The smallest absolute Gasteiger partial charge is 0.258 e. The van der Waals surface area contributed by atoms with E-state index in [-0.39, 0.29) is 16.0 Å². The molecule has 0 N–H and O–H groups in total. The van der Waals surface area contributed by atoms with Crippen LogP contribution in [0.2, 0.25) is 0 Å². The Kier molecular flexibility index (Phi) is 3.36. The Morgan fingerprint density at radius 3 is 2.19 bits per heavy atom. The largest absolute Gasteiger partial charge is 0.269 e. The predicted molar refractivity (Wildman–Crippen MR) is 87.6 cm³/mol. The first kappa shape index (κ1) is 14.3. The van der Waals surface area contributed by atoms with Crippen molar-refractivity contribution in [1.29, 1.82) is 0 Å². The molecule has 0 bridgehead atoms. The maximum atomic E-state index is 11.1. The summed E-state index contributed by atoms with van der Waals surface area (Å²) in [5.41, 5.74) is 4.75. The second-order valence-electron chi connectivity index (χ2n) is 5.47. The van der Waals surface area contributed by atoms with Gasteiger partial charge in [-0.2, -0.15) is 0 Å². The summed E-state index contributed by atoms with van der Waals surface area (Å²) in [6.07, 6.45) is 1.86. The third-order valence-corrected chi connectivity index (χ3v) is 5.22. The molecule has 0 radical (unpaired) electrons. The molecule has 108 valence electrons. The molecule has 0 atom stereocenters. The van der Waals surface area contributed by atoms with Crippen LogP contribution in [-0.2, 0) is 5.41 Å². The second-order valence-corrected chi connectivity index (χ2v) is 6.38. The van der Waals surface area contributed by atoms with Crippen LogP contribution in [0.15, 0.2) is 40.9 Å². The second kappa shape index (κ2) is 4.95. The Bertz CT molecular complexity index is 736. The summed E-state index contributed by atoms with van der Waals surface area (Å²) in [4.78, 5) is 10.8. The Labute approximate surface area is 132 Å². The number of non-ortho nitro benzene ring substituents is 1. The van der Waals surface area contributed by atoms with E-state index in [9.17, 15) is 10.1 Å². The van der Waals surface area contributed by atoms with Crippen molar-refractivity contribution in [3.05, 3.63) is 62.1 Å². The van der Waals surface area contributed by atoms with Gasteiger partial charge in [0.05, 0.1) is 4.92 Å².